The van der Waals surface area contributed by atoms with Gasteiger partial charge in [0.1, 0.15) is 0 Å². The Morgan fingerprint density at radius 3 is 2.79 bits per heavy atom. The minimum Gasteiger partial charge on any atom is -0.379 e. The van der Waals surface area contributed by atoms with Crippen LogP contribution in [0.2, 0.25) is 10.0 Å². The number of nitrogens with zero attached hydrogens (tertiary/aromatic N) is 3. The largest absolute Gasteiger partial charge is 0.379 e. The van der Waals surface area contributed by atoms with E-state index < -0.39 is 5.91 Å². The summed E-state index contributed by atoms with van der Waals surface area (Å²) < 4.78 is 4.29. The number of anilines is 1. The van der Waals surface area contributed by atoms with Crippen LogP contribution in [0.3, 0.4) is 0 Å². The van der Waals surface area contributed by atoms with Crippen molar-refractivity contribution in [3.63, 3.8) is 0 Å². The van der Waals surface area contributed by atoms with E-state index in [2.05, 4.69) is 25.5 Å². The van der Waals surface area contributed by atoms with Crippen molar-refractivity contribution in [2.75, 3.05) is 5.73 Å². The van der Waals surface area contributed by atoms with Crippen LogP contribution < -0.4 is 11.2 Å². The van der Waals surface area contributed by atoms with Crippen molar-refractivity contribution < 1.29 is 9.42 Å². The number of halogens is 2. The summed E-state index contributed by atoms with van der Waals surface area (Å²) in [5, 5.41) is 11.1. The number of aromatic nitrogens is 2. The predicted octanol–water partition coefficient (Wildman–Crippen LogP) is 1.72. The Morgan fingerprint density at radius 2 is 2.16 bits per heavy atom. The number of nitrogens with one attached hydrogen (secondary N) is 1. The third kappa shape index (κ3) is 3.21. The highest BCUT2D eigenvalue weighted by molar-refractivity contribution is 6.42. The Bertz CT molecular complexity index is 641. The van der Waals surface area contributed by atoms with Crippen molar-refractivity contribution >= 4 is 41.1 Å². The third-order valence-electron chi connectivity index (χ3n) is 2.05. The average Bonchev–Trinajstić information content (AvgIpc) is 2.80. The van der Waals surface area contributed by atoms with Gasteiger partial charge < -0.3 is 5.73 Å². The zero-order chi connectivity index (χ0) is 13.8. The molecule has 0 spiro atoms. The van der Waals surface area contributed by atoms with Crippen molar-refractivity contribution in [3.05, 3.63) is 39.5 Å². The SMILES string of the molecule is Nc1nonc1C(=O)NN=Cc1ccc(Cl)c(Cl)c1. The summed E-state index contributed by atoms with van der Waals surface area (Å²) in [7, 11) is 0. The topological polar surface area (TPSA) is 106 Å². The molecule has 0 atom stereocenters. The van der Waals surface area contributed by atoms with E-state index in [1.807, 2.05) is 0 Å². The predicted molar refractivity (Wildman–Crippen MR) is 70.2 cm³/mol. The van der Waals surface area contributed by atoms with Gasteiger partial charge >= 0.3 is 0 Å². The summed E-state index contributed by atoms with van der Waals surface area (Å²) in [6.45, 7) is 0. The van der Waals surface area contributed by atoms with E-state index in [-0.39, 0.29) is 11.5 Å². The molecule has 0 aliphatic carbocycles. The lowest BCUT2D eigenvalue weighted by molar-refractivity contribution is 0.0946. The van der Waals surface area contributed by atoms with Gasteiger partial charge in [-0.3, -0.25) is 4.79 Å². The molecule has 1 amide bonds. The molecule has 0 saturated carbocycles. The van der Waals surface area contributed by atoms with Crippen LogP contribution in [-0.2, 0) is 0 Å². The molecule has 0 fully saturated rings. The van der Waals surface area contributed by atoms with Crippen LogP contribution in [0.5, 0.6) is 0 Å². The zero-order valence-electron chi connectivity index (χ0n) is 9.30. The number of amides is 1. The number of rotatable bonds is 3. The Hall–Kier alpha value is -2.12. The Balaban J connectivity index is 2.02. The number of benzene rings is 1. The molecule has 1 heterocycles. The lowest BCUT2D eigenvalue weighted by atomic mass is 10.2. The van der Waals surface area contributed by atoms with Gasteiger partial charge in [0.25, 0.3) is 5.91 Å². The zero-order valence-corrected chi connectivity index (χ0v) is 10.8. The van der Waals surface area contributed by atoms with E-state index in [0.29, 0.717) is 15.6 Å². The van der Waals surface area contributed by atoms with Gasteiger partial charge in [-0.1, -0.05) is 29.3 Å². The van der Waals surface area contributed by atoms with Crippen LogP contribution in [0.15, 0.2) is 27.9 Å². The van der Waals surface area contributed by atoms with Gasteiger partial charge in [-0.15, -0.1) is 0 Å². The Kier molecular flexibility index (Phi) is 3.98. The van der Waals surface area contributed by atoms with Gasteiger partial charge in [0.15, 0.2) is 0 Å². The van der Waals surface area contributed by atoms with E-state index in [1.165, 1.54) is 6.21 Å². The van der Waals surface area contributed by atoms with Gasteiger partial charge in [-0.2, -0.15) is 5.10 Å². The molecule has 0 aliphatic heterocycles. The molecule has 1 aromatic heterocycles. The number of carbonyl (C=O) groups excluding carboxylic acids is 1. The maximum Gasteiger partial charge on any atom is 0.297 e. The van der Waals surface area contributed by atoms with Crippen LogP contribution in [0.25, 0.3) is 0 Å². The third-order valence-corrected chi connectivity index (χ3v) is 2.79. The number of nitrogen functional groups attached to an aromatic ring is 1. The number of hydrazone groups is 1. The minimum absolute atomic E-state index is 0.109. The van der Waals surface area contributed by atoms with Crippen LogP contribution in [0, 0.1) is 0 Å². The number of hydrogen-bond donors (Lipinski definition) is 2. The molecule has 0 aliphatic rings. The van der Waals surface area contributed by atoms with Gasteiger partial charge in [0.05, 0.1) is 16.3 Å². The Labute approximate surface area is 117 Å². The monoisotopic (exact) mass is 299 g/mol. The molecule has 3 N–H and O–H groups in total. The van der Waals surface area contributed by atoms with Crippen molar-refractivity contribution in [1.82, 2.24) is 15.7 Å². The highest BCUT2D eigenvalue weighted by Crippen LogP contribution is 2.21. The van der Waals surface area contributed by atoms with Gasteiger partial charge in [-0.25, -0.2) is 10.1 Å². The lowest BCUT2D eigenvalue weighted by Gasteiger charge is -1.97. The standard InChI is InChI=1S/C10H7Cl2N5O2/c11-6-2-1-5(3-7(6)12)4-14-15-10(18)8-9(13)17-19-16-8/h1-4H,(H2,13,17)(H,15,18). The summed E-state index contributed by atoms with van der Waals surface area (Å²) in [6.07, 6.45) is 1.39. The normalized spacial score (nSPS) is 10.8. The number of carbonyl (C=O) groups is 1. The van der Waals surface area contributed by atoms with E-state index in [4.69, 9.17) is 28.9 Å². The van der Waals surface area contributed by atoms with Crippen LogP contribution >= 0.6 is 23.2 Å². The molecule has 2 aromatic rings. The second-order valence-corrected chi connectivity index (χ2v) is 4.19. The maximum atomic E-state index is 11.5. The second-order valence-electron chi connectivity index (χ2n) is 3.37. The highest BCUT2D eigenvalue weighted by Gasteiger charge is 2.14. The molecule has 7 nitrogen and oxygen atoms in total. The summed E-state index contributed by atoms with van der Waals surface area (Å²) in [4.78, 5) is 11.5. The molecule has 19 heavy (non-hydrogen) atoms. The molecule has 2 rings (SSSR count). The first-order valence-corrected chi connectivity index (χ1v) is 5.70. The number of nitrogens with two attached hydrogens (primary N) is 1. The summed E-state index contributed by atoms with van der Waals surface area (Å²) in [5.74, 6) is -0.739. The smallest absolute Gasteiger partial charge is 0.297 e. The van der Waals surface area contributed by atoms with Crippen LogP contribution in [0.1, 0.15) is 16.1 Å². The minimum atomic E-state index is -0.630. The van der Waals surface area contributed by atoms with Crippen molar-refractivity contribution in [3.8, 4) is 0 Å². The van der Waals surface area contributed by atoms with Gasteiger partial charge in [-0.05, 0) is 28.0 Å². The van der Waals surface area contributed by atoms with E-state index in [9.17, 15) is 4.79 Å². The van der Waals surface area contributed by atoms with Crippen LogP contribution in [0.4, 0.5) is 5.82 Å². The maximum absolute atomic E-state index is 11.5. The van der Waals surface area contributed by atoms with E-state index >= 15 is 0 Å². The first-order chi connectivity index (χ1) is 9.08. The molecular formula is C10H7Cl2N5O2. The first-order valence-electron chi connectivity index (χ1n) is 4.94. The fourth-order valence-corrected chi connectivity index (χ4v) is 1.47. The Morgan fingerprint density at radius 1 is 1.37 bits per heavy atom. The van der Waals surface area contributed by atoms with Crippen molar-refractivity contribution in [2.45, 2.75) is 0 Å². The molecular weight excluding hydrogens is 293 g/mol. The molecule has 98 valence electrons. The quantitative estimate of drug-likeness (QED) is 0.663. The van der Waals surface area contributed by atoms with Crippen LogP contribution in [-0.4, -0.2) is 22.4 Å². The van der Waals surface area contributed by atoms with Gasteiger partial charge in [0, 0.05) is 0 Å². The summed E-state index contributed by atoms with van der Waals surface area (Å²) in [6, 6.07) is 4.91. The first kappa shape index (κ1) is 13.3. The fourth-order valence-electron chi connectivity index (χ4n) is 1.16. The van der Waals surface area contributed by atoms with E-state index in [0.717, 1.165) is 0 Å². The average molecular weight is 300 g/mol. The van der Waals surface area contributed by atoms with Crippen molar-refractivity contribution in [2.24, 2.45) is 5.10 Å². The molecule has 1 aromatic carbocycles. The molecule has 9 heteroatoms. The highest BCUT2D eigenvalue weighted by atomic mass is 35.5. The van der Waals surface area contributed by atoms with E-state index in [1.54, 1.807) is 18.2 Å². The second kappa shape index (κ2) is 5.68. The molecule has 0 bridgehead atoms. The lowest BCUT2D eigenvalue weighted by Crippen LogP contribution is -2.19. The molecule has 0 unspecified atom stereocenters. The number of hydrogen-bond acceptors (Lipinski definition) is 6. The summed E-state index contributed by atoms with van der Waals surface area (Å²) in [5.41, 5.74) is 8.10. The fraction of sp³-hybridized carbons (Fsp3) is 0. The van der Waals surface area contributed by atoms with Gasteiger partial charge in [0.2, 0.25) is 11.5 Å². The molecule has 0 radical (unpaired) electrons. The summed E-state index contributed by atoms with van der Waals surface area (Å²) >= 11 is 11.6. The van der Waals surface area contributed by atoms with Crippen molar-refractivity contribution in [1.29, 1.82) is 0 Å². The molecule has 0 saturated heterocycles.